The van der Waals surface area contributed by atoms with Crippen LogP contribution in [0.25, 0.3) is 0 Å². The molecule has 25 heavy (non-hydrogen) atoms. The molecule has 0 heterocycles. The fourth-order valence-corrected chi connectivity index (χ4v) is 3.26. The maximum Gasteiger partial charge on any atom is 0.408 e. The molecule has 0 saturated heterocycles. The first-order valence-electron chi connectivity index (χ1n) is 8.43. The Balaban J connectivity index is 2.67. The Morgan fingerprint density at radius 3 is 2.28 bits per heavy atom. The van der Waals surface area contributed by atoms with Crippen LogP contribution in [0.1, 0.15) is 48.0 Å². The molecule has 0 aliphatic rings. The third-order valence-electron chi connectivity index (χ3n) is 3.51. The van der Waals surface area contributed by atoms with Crippen LogP contribution < -0.4 is 10.6 Å². The molecule has 0 aliphatic heterocycles. The predicted molar refractivity (Wildman–Crippen MR) is 101 cm³/mol. The van der Waals surface area contributed by atoms with E-state index in [-0.39, 0.29) is 5.75 Å². The van der Waals surface area contributed by atoms with Crippen molar-refractivity contribution in [2.24, 2.45) is 0 Å². The van der Waals surface area contributed by atoms with Crippen LogP contribution in [-0.2, 0) is 14.6 Å². The number of sulfone groups is 1. The molecule has 0 bridgehead atoms. The number of nitrogens with one attached hydrogen (secondary N) is 2. The molecule has 2 N–H and O–H groups in total. The van der Waals surface area contributed by atoms with Gasteiger partial charge in [0.15, 0.2) is 9.84 Å². The number of amides is 1. The third-order valence-corrected chi connectivity index (χ3v) is 5.29. The summed E-state index contributed by atoms with van der Waals surface area (Å²) < 4.78 is 29.6. The van der Waals surface area contributed by atoms with E-state index < -0.39 is 27.1 Å². The molecule has 0 aliphatic carbocycles. The van der Waals surface area contributed by atoms with E-state index in [1.807, 2.05) is 34.6 Å². The first-order valence-corrected chi connectivity index (χ1v) is 10.1. The number of para-hydroxylation sites is 1. The largest absolute Gasteiger partial charge is 0.444 e. The van der Waals surface area contributed by atoms with Crippen LogP contribution >= 0.6 is 0 Å². The Morgan fingerprint density at radius 2 is 1.72 bits per heavy atom. The number of alkyl carbamates (subject to hydrolysis) is 1. The van der Waals surface area contributed by atoms with E-state index >= 15 is 0 Å². The van der Waals surface area contributed by atoms with Crippen molar-refractivity contribution in [3.63, 3.8) is 0 Å². The first-order chi connectivity index (χ1) is 11.4. The van der Waals surface area contributed by atoms with Crippen molar-refractivity contribution in [2.75, 3.05) is 17.6 Å². The zero-order valence-electron chi connectivity index (χ0n) is 16.0. The standard InChI is InChI=1S/C18H30N2O4S/c1-7-25(22,23)15-11-9-8-10-14(15)19-13-12-18(5,6)20-16(21)24-17(2,3)4/h8-11,19H,7,12-13H2,1-6H3,(H,20,21). The van der Waals surface area contributed by atoms with Crippen LogP contribution in [0.5, 0.6) is 0 Å². The van der Waals surface area contributed by atoms with Gasteiger partial charge in [-0.1, -0.05) is 19.1 Å². The van der Waals surface area contributed by atoms with Crippen molar-refractivity contribution in [2.45, 2.75) is 64.0 Å². The van der Waals surface area contributed by atoms with E-state index in [1.54, 1.807) is 31.2 Å². The summed E-state index contributed by atoms with van der Waals surface area (Å²) in [5.41, 5.74) is -0.461. The van der Waals surface area contributed by atoms with E-state index in [9.17, 15) is 13.2 Å². The Kier molecular flexibility index (Phi) is 6.88. The van der Waals surface area contributed by atoms with Crippen molar-refractivity contribution >= 4 is 21.6 Å². The fourth-order valence-electron chi connectivity index (χ4n) is 2.19. The fraction of sp³-hybridized carbons (Fsp3) is 0.611. The van der Waals surface area contributed by atoms with E-state index in [2.05, 4.69) is 10.6 Å². The molecule has 6 nitrogen and oxygen atoms in total. The molecule has 1 amide bonds. The van der Waals surface area contributed by atoms with Crippen LogP contribution in [0, 0.1) is 0 Å². The van der Waals surface area contributed by atoms with Gasteiger partial charge >= 0.3 is 6.09 Å². The molecule has 0 saturated carbocycles. The number of carbonyl (C=O) groups excluding carboxylic acids is 1. The molecular weight excluding hydrogens is 340 g/mol. The van der Waals surface area contributed by atoms with E-state index in [1.165, 1.54) is 0 Å². The summed E-state index contributed by atoms with van der Waals surface area (Å²) in [6.07, 6.45) is 0.138. The highest BCUT2D eigenvalue weighted by atomic mass is 32.2. The lowest BCUT2D eigenvalue weighted by atomic mass is 10.0. The maximum atomic E-state index is 12.1. The van der Waals surface area contributed by atoms with Gasteiger partial charge in [0.1, 0.15) is 5.60 Å². The van der Waals surface area contributed by atoms with Gasteiger partial charge in [-0.25, -0.2) is 13.2 Å². The molecule has 0 atom stereocenters. The highest BCUT2D eigenvalue weighted by Crippen LogP contribution is 2.22. The zero-order valence-corrected chi connectivity index (χ0v) is 16.8. The molecule has 1 aromatic carbocycles. The average Bonchev–Trinajstić information content (AvgIpc) is 2.44. The summed E-state index contributed by atoms with van der Waals surface area (Å²) in [6.45, 7) is 11.4. The number of ether oxygens (including phenoxy) is 1. The number of benzene rings is 1. The second kappa shape index (κ2) is 8.08. The quantitative estimate of drug-likeness (QED) is 0.766. The number of anilines is 1. The topological polar surface area (TPSA) is 84.5 Å². The number of hydrogen-bond acceptors (Lipinski definition) is 5. The van der Waals surface area contributed by atoms with Gasteiger partial charge in [-0.15, -0.1) is 0 Å². The highest BCUT2D eigenvalue weighted by Gasteiger charge is 2.24. The normalized spacial score (nSPS) is 12.6. The Hall–Kier alpha value is -1.76. The average molecular weight is 371 g/mol. The van der Waals surface area contributed by atoms with Gasteiger partial charge in [0.2, 0.25) is 0 Å². The summed E-state index contributed by atoms with van der Waals surface area (Å²) in [6, 6.07) is 6.85. The molecule has 1 aromatic rings. The minimum absolute atomic E-state index is 0.0530. The molecule has 0 unspecified atom stereocenters. The predicted octanol–water partition coefficient (Wildman–Crippen LogP) is 3.59. The van der Waals surface area contributed by atoms with Crippen molar-refractivity contribution in [1.29, 1.82) is 0 Å². The molecule has 0 aromatic heterocycles. The lowest BCUT2D eigenvalue weighted by Gasteiger charge is -2.29. The second-order valence-corrected chi connectivity index (χ2v) is 9.83. The van der Waals surface area contributed by atoms with E-state index in [0.717, 1.165) is 0 Å². The van der Waals surface area contributed by atoms with Crippen LogP contribution in [0.3, 0.4) is 0 Å². The number of rotatable bonds is 7. The highest BCUT2D eigenvalue weighted by molar-refractivity contribution is 7.91. The minimum atomic E-state index is -3.29. The summed E-state index contributed by atoms with van der Waals surface area (Å²) in [5, 5.41) is 6.00. The summed E-state index contributed by atoms with van der Waals surface area (Å²) in [4.78, 5) is 12.2. The molecular formula is C18H30N2O4S. The molecule has 142 valence electrons. The van der Waals surface area contributed by atoms with Crippen LogP contribution in [0.2, 0.25) is 0 Å². The molecule has 7 heteroatoms. The lowest BCUT2D eigenvalue weighted by Crippen LogP contribution is -2.46. The van der Waals surface area contributed by atoms with Gasteiger partial charge in [-0.05, 0) is 53.2 Å². The Morgan fingerprint density at radius 1 is 1.12 bits per heavy atom. The Bertz CT molecular complexity index is 691. The van der Waals surface area contributed by atoms with Crippen LogP contribution in [0.4, 0.5) is 10.5 Å². The van der Waals surface area contributed by atoms with Crippen LogP contribution in [0.15, 0.2) is 29.2 Å². The summed E-state index contributed by atoms with van der Waals surface area (Å²) in [5.74, 6) is 0.0530. The molecule has 1 rings (SSSR count). The van der Waals surface area contributed by atoms with Gasteiger partial charge < -0.3 is 15.4 Å². The third kappa shape index (κ3) is 7.34. The van der Waals surface area contributed by atoms with Gasteiger partial charge in [-0.2, -0.15) is 0 Å². The van der Waals surface area contributed by atoms with Gasteiger partial charge in [0.05, 0.1) is 16.3 Å². The molecule has 0 spiro atoms. The summed E-state index contributed by atoms with van der Waals surface area (Å²) >= 11 is 0. The molecule has 0 radical (unpaired) electrons. The van der Waals surface area contributed by atoms with Crippen molar-refractivity contribution in [3.8, 4) is 0 Å². The Labute approximate surface area is 151 Å². The SMILES string of the molecule is CCS(=O)(=O)c1ccccc1NCCC(C)(C)NC(=O)OC(C)(C)C. The van der Waals surface area contributed by atoms with Crippen molar-refractivity contribution < 1.29 is 17.9 Å². The van der Waals surface area contributed by atoms with Gasteiger partial charge in [-0.3, -0.25) is 0 Å². The van der Waals surface area contributed by atoms with E-state index in [4.69, 9.17) is 4.74 Å². The van der Waals surface area contributed by atoms with Gasteiger partial charge in [0, 0.05) is 12.1 Å². The lowest BCUT2D eigenvalue weighted by molar-refractivity contribution is 0.0470. The zero-order chi connectivity index (χ0) is 19.3. The minimum Gasteiger partial charge on any atom is -0.444 e. The van der Waals surface area contributed by atoms with Crippen molar-refractivity contribution in [1.82, 2.24) is 5.32 Å². The molecule has 0 fully saturated rings. The number of hydrogen-bond donors (Lipinski definition) is 2. The second-order valence-electron chi connectivity index (χ2n) is 7.59. The van der Waals surface area contributed by atoms with Gasteiger partial charge in [0.25, 0.3) is 0 Å². The number of carbonyl (C=O) groups is 1. The first kappa shape index (κ1) is 21.3. The summed E-state index contributed by atoms with van der Waals surface area (Å²) in [7, 11) is -3.29. The maximum absolute atomic E-state index is 12.1. The van der Waals surface area contributed by atoms with Crippen molar-refractivity contribution in [3.05, 3.63) is 24.3 Å². The van der Waals surface area contributed by atoms with E-state index in [0.29, 0.717) is 23.5 Å². The van der Waals surface area contributed by atoms with Crippen LogP contribution in [-0.4, -0.2) is 37.9 Å². The monoisotopic (exact) mass is 370 g/mol. The smallest absolute Gasteiger partial charge is 0.408 e.